The summed E-state index contributed by atoms with van der Waals surface area (Å²) in [5.74, 6) is -0.261. The fourth-order valence-electron chi connectivity index (χ4n) is 3.96. The highest BCUT2D eigenvalue weighted by molar-refractivity contribution is 7.12. The van der Waals surface area contributed by atoms with E-state index < -0.39 is 0 Å². The summed E-state index contributed by atoms with van der Waals surface area (Å²) in [5.41, 5.74) is 4.57. The fraction of sp³-hybridized carbons (Fsp3) is 0.192. The van der Waals surface area contributed by atoms with Crippen molar-refractivity contribution in [2.24, 2.45) is 0 Å². The Hall–Kier alpha value is -3.46. The van der Waals surface area contributed by atoms with Crippen molar-refractivity contribution in [1.82, 2.24) is 15.1 Å². The molecule has 3 heterocycles. The number of thiophene rings is 1. The molecule has 9 heteroatoms. The van der Waals surface area contributed by atoms with Crippen LogP contribution in [0.1, 0.15) is 36.9 Å². The second kappa shape index (κ2) is 10.9. The van der Waals surface area contributed by atoms with Crippen molar-refractivity contribution in [3.8, 4) is 0 Å². The topological polar surface area (TPSA) is 87.3 Å². The molecule has 2 aromatic heterocycles. The Morgan fingerprint density at radius 1 is 1.11 bits per heavy atom. The second-order valence-corrected chi connectivity index (χ2v) is 9.00. The van der Waals surface area contributed by atoms with Gasteiger partial charge in [0.05, 0.1) is 29.3 Å². The lowest BCUT2D eigenvalue weighted by atomic mass is 10.1. The molecular weight excluding hydrogens is 484 g/mol. The number of halogens is 1. The van der Waals surface area contributed by atoms with E-state index in [1.165, 1.54) is 11.3 Å². The highest BCUT2D eigenvalue weighted by atomic mass is 35.5. The van der Waals surface area contributed by atoms with Crippen LogP contribution in [-0.2, 0) is 4.74 Å². The number of aromatic nitrogens is 2. The first-order valence-electron chi connectivity index (χ1n) is 11.1. The van der Waals surface area contributed by atoms with Gasteiger partial charge >= 0.3 is 0 Å². The number of aromatic amines is 1. The number of rotatable bonds is 5. The minimum Gasteiger partial charge on any atom is -0.378 e. The Bertz CT molecular complexity index is 1390. The van der Waals surface area contributed by atoms with Crippen LogP contribution in [0.4, 0.5) is 5.69 Å². The number of benzene rings is 2. The van der Waals surface area contributed by atoms with Crippen LogP contribution < -0.4 is 5.32 Å². The molecule has 1 aliphatic rings. The molecule has 0 spiro atoms. The van der Waals surface area contributed by atoms with E-state index in [-0.39, 0.29) is 24.2 Å². The molecule has 1 fully saturated rings. The zero-order valence-electron chi connectivity index (χ0n) is 19.1. The van der Waals surface area contributed by atoms with Gasteiger partial charge in [0.2, 0.25) is 0 Å². The maximum atomic E-state index is 13.1. The average Bonchev–Trinajstić information content (AvgIpc) is 3.49. The number of carbonyl (C=O) groups excluding carboxylic acids is 2. The number of hydrogen-bond donors (Lipinski definition) is 2. The zero-order chi connectivity index (χ0) is 23.5. The molecule has 0 saturated carbocycles. The van der Waals surface area contributed by atoms with Crippen LogP contribution in [0.15, 0.2) is 53.9 Å². The van der Waals surface area contributed by atoms with Crippen molar-refractivity contribution in [2.45, 2.75) is 6.92 Å². The summed E-state index contributed by atoms with van der Waals surface area (Å²) in [6, 6.07) is 15.2. The predicted octanol–water partition coefficient (Wildman–Crippen LogP) is 5.25. The molecule has 0 radical (unpaired) electrons. The standard InChI is InChI=1S/C26H24N4O3S.ClH/c1-17-10-15-34-24(17)25(31)27-23-16-19(26(32)30-11-13-33-14-12-30)7-6-18(23)8-9-22-20-4-2-3-5-21(20)28-29-22;/h2-10,15-16H,11-14H2,1H3,(H,27,31)(H,28,29);1H. The van der Waals surface area contributed by atoms with Crippen LogP contribution in [0, 0.1) is 6.92 Å². The van der Waals surface area contributed by atoms with Crippen LogP contribution in [0.2, 0.25) is 0 Å². The number of carbonyl (C=O) groups is 2. The number of fused-ring (bicyclic) bond motifs is 1. The maximum absolute atomic E-state index is 13.1. The third kappa shape index (κ3) is 5.30. The van der Waals surface area contributed by atoms with Gasteiger partial charge in [-0.1, -0.05) is 30.3 Å². The first-order chi connectivity index (χ1) is 16.6. The molecule has 0 unspecified atom stereocenters. The Kier molecular flexibility index (Phi) is 7.65. The van der Waals surface area contributed by atoms with Crippen LogP contribution in [0.5, 0.6) is 0 Å². The SMILES string of the molecule is Cc1ccsc1C(=O)Nc1cc(C(=O)N2CCOCC2)ccc1C=Cc1n[nH]c2ccccc12.Cl. The van der Waals surface area contributed by atoms with E-state index in [4.69, 9.17) is 4.74 Å². The lowest BCUT2D eigenvalue weighted by molar-refractivity contribution is 0.0303. The van der Waals surface area contributed by atoms with Gasteiger partial charge < -0.3 is 15.0 Å². The van der Waals surface area contributed by atoms with E-state index in [1.807, 2.05) is 60.9 Å². The van der Waals surface area contributed by atoms with Crippen molar-refractivity contribution in [2.75, 3.05) is 31.6 Å². The summed E-state index contributed by atoms with van der Waals surface area (Å²) >= 11 is 1.40. The summed E-state index contributed by atoms with van der Waals surface area (Å²) in [6.07, 6.45) is 3.81. The van der Waals surface area contributed by atoms with Gasteiger partial charge in [-0.05, 0) is 53.8 Å². The third-order valence-electron chi connectivity index (χ3n) is 5.84. The van der Waals surface area contributed by atoms with Crippen LogP contribution in [0.25, 0.3) is 23.1 Å². The van der Waals surface area contributed by atoms with Gasteiger partial charge in [-0.2, -0.15) is 5.10 Å². The molecule has 0 bridgehead atoms. The van der Waals surface area contributed by atoms with Crippen molar-refractivity contribution in [3.05, 3.63) is 81.2 Å². The highest BCUT2D eigenvalue weighted by Crippen LogP contribution is 2.25. The maximum Gasteiger partial charge on any atom is 0.266 e. The molecule has 2 aromatic carbocycles. The van der Waals surface area contributed by atoms with Crippen LogP contribution in [0.3, 0.4) is 0 Å². The molecule has 2 amide bonds. The van der Waals surface area contributed by atoms with Gasteiger partial charge in [0, 0.05) is 29.7 Å². The third-order valence-corrected chi connectivity index (χ3v) is 6.85. The Labute approximate surface area is 213 Å². The predicted molar refractivity (Wildman–Crippen MR) is 142 cm³/mol. The smallest absolute Gasteiger partial charge is 0.266 e. The second-order valence-electron chi connectivity index (χ2n) is 8.08. The van der Waals surface area contributed by atoms with E-state index in [1.54, 1.807) is 17.0 Å². The van der Waals surface area contributed by atoms with Crippen molar-refractivity contribution in [1.29, 1.82) is 0 Å². The molecule has 2 N–H and O–H groups in total. The normalized spacial score (nSPS) is 13.7. The monoisotopic (exact) mass is 508 g/mol. The quantitative estimate of drug-likeness (QED) is 0.385. The number of ether oxygens (including phenoxy) is 1. The van der Waals surface area contributed by atoms with Gasteiger partial charge in [-0.25, -0.2) is 0 Å². The first-order valence-corrected chi connectivity index (χ1v) is 12.0. The van der Waals surface area contributed by atoms with Gasteiger partial charge in [0.15, 0.2) is 0 Å². The number of nitrogens with one attached hydrogen (secondary N) is 2. The van der Waals surface area contributed by atoms with Crippen molar-refractivity contribution >= 4 is 64.3 Å². The van der Waals surface area contributed by atoms with Gasteiger partial charge in [-0.3, -0.25) is 14.7 Å². The lowest BCUT2D eigenvalue weighted by Gasteiger charge is -2.27. The van der Waals surface area contributed by atoms with E-state index in [9.17, 15) is 9.59 Å². The summed E-state index contributed by atoms with van der Waals surface area (Å²) in [5, 5.41) is 13.3. The first kappa shape index (κ1) is 24.7. The molecule has 1 aliphatic heterocycles. The lowest BCUT2D eigenvalue weighted by Crippen LogP contribution is -2.40. The molecule has 7 nitrogen and oxygen atoms in total. The Morgan fingerprint density at radius 2 is 1.91 bits per heavy atom. The van der Waals surface area contributed by atoms with E-state index in [2.05, 4.69) is 15.5 Å². The van der Waals surface area contributed by atoms with Crippen molar-refractivity contribution < 1.29 is 14.3 Å². The van der Waals surface area contributed by atoms with E-state index in [0.717, 1.165) is 27.7 Å². The van der Waals surface area contributed by atoms with Crippen LogP contribution >= 0.6 is 23.7 Å². The van der Waals surface area contributed by atoms with Gasteiger partial charge in [0.25, 0.3) is 11.8 Å². The number of morpholine rings is 1. The number of nitrogens with zero attached hydrogens (tertiary/aromatic N) is 2. The Morgan fingerprint density at radius 3 is 2.69 bits per heavy atom. The summed E-state index contributed by atoms with van der Waals surface area (Å²) in [7, 11) is 0. The van der Waals surface area contributed by atoms with Crippen molar-refractivity contribution in [3.63, 3.8) is 0 Å². The summed E-state index contributed by atoms with van der Waals surface area (Å²) < 4.78 is 5.36. The number of amides is 2. The number of aryl methyl sites for hydroxylation is 1. The number of para-hydroxylation sites is 1. The van der Waals surface area contributed by atoms with E-state index >= 15 is 0 Å². The molecular formula is C26H25ClN4O3S. The average molecular weight is 509 g/mol. The molecule has 35 heavy (non-hydrogen) atoms. The largest absolute Gasteiger partial charge is 0.378 e. The number of H-pyrrole nitrogens is 1. The molecule has 4 aromatic rings. The van der Waals surface area contributed by atoms with Gasteiger partial charge in [-0.15, -0.1) is 23.7 Å². The van der Waals surface area contributed by atoms with Crippen LogP contribution in [-0.4, -0.2) is 53.2 Å². The molecule has 5 rings (SSSR count). The zero-order valence-corrected chi connectivity index (χ0v) is 20.7. The fourth-order valence-corrected chi connectivity index (χ4v) is 4.78. The van der Waals surface area contributed by atoms with E-state index in [0.29, 0.717) is 42.4 Å². The minimum absolute atomic E-state index is 0. The molecule has 1 saturated heterocycles. The molecule has 0 aliphatic carbocycles. The number of hydrogen-bond acceptors (Lipinski definition) is 5. The molecule has 0 atom stereocenters. The highest BCUT2D eigenvalue weighted by Gasteiger charge is 2.20. The minimum atomic E-state index is -0.191. The summed E-state index contributed by atoms with van der Waals surface area (Å²) in [6.45, 7) is 4.09. The summed E-state index contributed by atoms with van der Waals surface area (Å²) in [4.78, 5) is 28.5. The number of anilines is 1. The molecule has 180 valence electrons. The Balaban J connectivity index is 0.00000289. The van der Waals surface area contributed by atoms with Gasteiger partial charge in [0.1, 0.15) is 0 Å².